The fourth-order valence-corrected chi connectivity index (χ4v) is 5.77. The minimum Gasteiger partial charge on any atom is -0.381 e. The number of nitrogens with zero attached hydrogens (tertiary/aromatic N) is 5. The van der Waals surface area contributed by atoms with Gasteiger partial charge in [0.15, 0.2) is 11.5 Å². The summed E-state index contributed by atoms with van der Waals surface area (Å²) in [5, 5.41) is 7.04. The number of carbonyl (C=O) groups excluding carboxylic acids is 2. The summed E-state index contributed by atoms with van der Waals surface area (Å²) < 4.78 is 28.4. The summed E-state index contributed by atoms with van der Waals surface area (Å²) in [5.41, 5.74) is 10.0. The molecule has 12 nitrogen and oxygen atoms in total. The quantitative estimate of drug-likeness (QED) is 0.310. The van der Waals surface area contributed by atoms with Gasteiger partial charge in [-0.1, -0.05) is 0 Å². The summed E-state index contributed by atoms with van der Waals surface area (Å²) in [6.45, 7) is 4.22. The molecule has 1 aliphatic heterocycles. The van der Waals surface area contributed by atoms with Crippen LogP contribution >= 0.6 is 0 Å². The number of pyridine rings is 1. The van der Waals surface area contributed by atoms with E-state index < -0.39 is 15.9 Å². The summed E-state index contributed by atoms with van der Waals surface area (Å²) in [7, 11) is -3.67. The largest absolute Gasteiger partial charge is 0.381 e. The highest BCUT2D eigenvalue weighted by molar-refractivity contribution is 7.92. The third kappa shape index (κ3) is 4.72. The molecular formula is C27H28N8O4S. The van der Waals surface area contributed by atoms with E-state index in [9.17, 15) is 18.0 Å². The molecule has 0 radical (unpaired) electrons. The molecule has 3 aromatic heterocycles. The van der Waals surface area contributed by atoms with Crippen LogP contribution in [0.1, 0.15) is 51.7 Å². The summed E-state index contributed by atoms with van der Waals surface area (Å²) >= 11 is 0. The van der Waals surface area contributed by atoms with E-state index in [1.807, 2.05) is 19.9 Å². The topological polar surface area (TPSA) is 165 Å². The van der Waals surface area contributed by atoms with Crippen LogP contribution < -0.4 is 15.8 Å². The number of sulfonamides is 1. The molecule has 1 atom stereocenters. The van der Waals surface area contributed by atoms with E-state index in [2.05, 4.69) is 20.1 Å². The van der Waals surface area contributed by atoms with E-state index in [0.717, 1.165) is 24.8 Å². The van der Waals surface area contributed by atoms with Crippen LogP contribution in [0.4, 0.5) is 17.2 Å². The first kappa shape index (κ1) is 25.7. The maximum Gasteiger partial charge on any atom is 0.263 e. The Hall–Kier alpha value is -4.52. The van der Waals surface area contributed by atoms with Gasteiger partial charge >= 0.3 is 0 Å². The number of rotatable bonds is 7. The molecule has 0 saturated heterocycles. The van der Waals surface area contributed by atoms with Gasteiger partial charge in [-0.25, -0.2) is 17.9 Å². The molecule has 2 aliphatic rings. The number of amides is 2. The number of nitrogens with two attached hydrogens (primary N) is 1. The Morgan fingerprint density at radius 2 is 1.98 bits per heavy atom. The minimum atomic E-state index is -3.67. The van der Waals surface area contributed by atoms with E-state index in [0.29, 0.717) is 40.5 Å². The van der Waals surface area contributed by atoms with Crippen LogP contribution in [-0.4, -0.2) is 57.0 Å². The van der Waals surface area contributed by atoms with Gasteiger partial charge in [-0.05, 0) is 68.5 Å². The maximum absolute atomic E-state index is 13.4. The molecule has 0 spiro atoms. The van der Waals surface area contributed by atoms with Gasteiger partial charge in [-0.15, -0.1) is 5.10 Å². The fraction of sp³-hybridized carbons (Fsp3) is 0.296. The van der Waals surface area contributed by atoms with Crippen LogP contribution in [0.25, 0.3) is 16.9 Å². The standard InChI is InChI=1S/C27H28N8O4S/c1-14-10-19(6-8-29-14)30-26(36)23-24(28)32-35-9-7-20(31-25(23)35)17-11-18-13-34(15(2)16-4-5-16)27(37)22(18)21(12-17)33-40(3,38)39/h6-12,15-16,33H,4-5,13H2,1-3H3,(H2,28,32)(H,29,30,36)/t15-/m0/s1. The summed E-state index contributed by atoms with van der Waals surface area (Å²) in [6.07, 6.45) is 6.43. The number of hydrogen-bond donors (Lipinski definition) is 3. The van der Waals surface area contributed by atoms with E-state index in [4.69, 9.17) is 10.7 Å². The Morgan fingerprint density at radius 3 is 2.67 bits per heavy atom. The Kier molecular flexibility index (Phi) is 5.98. The first-order chi connectivity index (χ1) is 19.0. The normalized spacial score (nSPS) is 15.8. The van der Waals surface area contributed by atoms with Crippen molar-refractivity contribution in [3.05, 3.63) is 65.1 Å². The monoisotopic (exact) mass is 560 g/mol. The SMILES string of the molecule is Cc1cc(NC(=O)c2c(N)nn3ccc(-c4cc5c(c(NS(C)(=O)=O)c4)C(=O)N([C@@H](C)C4CC4)C5)nc23)ccn1. The zero-order chi connectivity index (χ0) is 28.3. The Bertz CT molecular complexity index is 1810. The van der Waals surface area contributed by atoms with Crippen molar-refractivity contribution in [2.75, 3.05) is 22.0 Å². The van der Waals surface area contributed by atoms with E-state index in [1.54, 1.807) is 41.6 Å². The summed E-state index contributed by atoms with van der Waals surface area (Å²) in [6, 6.07) is 8.60. The lowest BCUT2D eigenvalue weighted by molar-refractivity contribution is 0.0698. The predicted molar refractivity (Wildman–Crippen MR) is 150 cm³/mol. The van der Waals surface area contributed by atoms with Crippen LogP contribution in [0.15, 0.2) is 42.7 Å². The lowest BCUT2D eigenvalue weighted by Gasteiger charge is -2.24. The molecule has 4 heterocycles. The molecule has 2 amide bonds. The average Bonchev–Trinajstić information content (AvgIpc) is 3.59. The third-order valence-corrected chi connectivity index (χ3v) is 7.91. The first-order valence-electron chi connectivity index (χ1n) is 12.8. The number of benzene rings is 1. The van der Waals surface area contributed by atoms with Crippen molar-refractivity contribution in [3.63, 3.8) is 0 Å². The second kappa shape index (κ2) is 9.30. The molecule has 4 aromatic rings. The molecule has 40 heavy (non-hydrogen) atoms. The van der Waals surface area contributed by atoms with Crippen molar-refractivity contribution in [1.29, 1.82) is 0 Å². The van der Waals surface area contributed by atoms with Crippen LogP contribution in [0.2, 0.25) is 0 Å². The van der Waals surface area contributed by atoms with E-state index in [1.165, 1.54) is 4.52 Å². The van der Waals surface area contributed by atoms with Gasteiger partial charge in [-0.2, -0.15) is 0 Å². The van der Waals surface area contributed by atoms with Gasteiger partial charge in [0.25, 0.3) is 11.8 Å². The van der Waals surface area contributed by atoms with E-state index in [-0.39, 0.29) is 34.7 Å². The van der Waals surface area contributed by atoms with Crippen LogP contribution in [0.5, 0.6) is 0 Å². The summed E-state index contributed by atoms with van der Waals surface area (Å²) in [4.78, 5) is 37.2. The van der Waals surface area contributed by atoms with Gasteiger partial charge in [0.1, 0.15) is 5.56 Å². The van der Waals surface area contributed by atoms with Crippen LogP contribution in [-0.2, 0) is 16.6 Å². The molecule has 1 aromatic carbocycles. The lowest BCUT2D eigenvalue weighted by atomic mass is 10.0. The van der Waals surface area contributed by atoms with Crippen molar-refractivity contribution >= 4 is 44.7 Å². The first-order valence-corrected chi connectivity index (χ1v) is 14.7. The third-order valence-electron chi connectivity index (χ3n) is 7.32. The molecule has 4 N–H and O–H groups in total. The second-order valence-electron chi connectivity index (χ2n) is 10.4. The number of hydrogen-bond acceptors (Lipinski definition) is 8. The van der Waals surface area contributed by atoms with Gasteiger partial charge < -0.3 is 16.0 Å². The Morgan fingerprint density at radius 1 is 1.20 bits per heavy atom. The van der Waals surface area contributed by atoms with E-state index >= 15 is 0 Å². The van der Waals surface area contributed by atoms with Crippen molar-refractivity contribution < 1.29 is 18.0 Å². The molecular weight excluding hydrogens is 532 g/mol. The molecule has 0 unspecified atom stereocenters. The number of nitrogens with one attached hydrogen (secondary N) is 2. The van der Waals surface area contributed by atoms with Gasteiger partial charge in [0.05, 0.1) is 23.2 Å². The molecule has 1 aliphatic carbocycles. The molecule has 6 rings (SSSR count). The van der Waals surface area contributed by atoms with Crippen molar-refractivity contribution in [2.24, 2.45) is 5.92 Å². The second-order valence-corrected chi connectivity index (χ2v) is 12.2. The zero-order valence-electron chi connectivity index (χ0n) is 22.2. The zero-order valence-corrected chi connectivity index (χ0v) is 23.0. The highest BCUT2D eigenvalue weighted by atomic mass is 32.2. The molecule has 1 saturated carbocycles. The molecule has 206 valence electrons. The maximum atomic E-state index is 13.4. The fourth-order valence-electron chi connectivity index (χ4n) is 5.21. The van der Waals surface area contributed by atoms with Crippen molar-refractivity contribution in [3.8, 4) is 11.3 Å². The highest BCUT2D eigenvalue weighted by Gasteiger charge is 2.40. The Labute approximate surface area is 230 Å². The number of nitrogen functional groups attached to an aromatic ring is 1. The molecule has 1 fully saturated rings. The summed E-state index contributed by atoms with van der Waals surface area (Å²) in [5.74, 6) is -0.200. The lowest BCUT2D eigenvalue weighted by Crippen LogP contribution is -2.34. The van der Waals surface area contributed by atoms with Crippen LogP contribution in [0.3, 0.4) is 0 Å². The van der Waals surface area contributed by atoms with Crippen LogP contribution in [0, 0.1) is 12.8 Å². The number of fused-ring (bicyclic) bond motifs is 2. The predicted octanol–water partition coefficient (Wildman–Crippen LogP) is 3.06. The smallest absolute Gasteiger partial charge is 0.263 e. The number of anilines is 3. The minimum absolute atomic E-state index is 0.0108. The van der Waals surface area contributed by atoms with Crippen molar-refractivity contribution in [1.82, 2.24) is 24.5 Å². The number of aromatic nitrogens is 4. The average molecular weight is 561 g/mol. The van der Waals surface area contributed by atoms with Gasteiger partial charge in [0, 0.05) is 41.9 Å². The van der Waals surface area contributed by atoms with Gasteiger partial charge in [0.2, 0.25) is 10.0 Å². The number of aryl methyl sites for hydroxylation is 1. The van der Waals surface area contributed by atoms with Crippen molar-refractivity contribution in [2.45, 2.75) is 39.3 Å². The number of carbonyl (C=O) groups is 2. The molecule has 13 heteroatoms. The Balaban J connectivity index is 1.42. The van der Waals surface area contributed by atoms with Gasteiger partial charge in [-0.3, -0.25) is 19.3 Å². The molecule has 0 bridgehead atoms. The highest BCUT2D eigenvalue weighted by Crippen LogP contribution is 2.41.